The smallest absolute Gasteiger partial charge is 0.267 e. The molecule has 0 bridgehead atoms. The van der Waals surface area contributed by atoms with Gasteiger partial charge in [0, 0.05) is 18.3 Å². The van der Waals surface area contributed by atoms with Crippen molar-refractivity contribution in [3.63, 3.8) is 0 Å². The number of anilines is 2. The van der Waals surface area contributed by atoms with Crippen molar-refractivity contribution in [2.75, 3.05) is 17.2 Å². The lowest BCUT2D eigenvalue weighted by atomic mass is 10.1. The van der Waals surface area contributed by atoms with Gasteiger partial charge in [0.25, 0.3) is 5.56 Å². The molecule has 39 heavy (non-hydrogen) atoms. The number of nitrogens with zero attached hydrogens (tertiary/aromatic N) is 7. The van der Waals surface area contributed by atoms with Gasteiger partial charge in [-0.3, -0.25) is 9.36 Å². The van der Waals surface area contributed by atoms with E-state index in [0.29, 0.717) is 46.0 Å². The highest BCUT2D eigenvalue weighted by molar-refractivity contribution is 5.85. The van der Waals surface area contributed by atoms with Crippen molar-refractivity contribution in [1.82, 2.24) is 24.5 Å². The summed E-state index contributed by atoms with van der Waals surface area (Å²) in [5, 5.41) is 10.2. The molecule has 0 amide bonds. The van der Waals surface area contributed by atoms with Gasteiger partial charge in [-0.15, -0.1) is 0 Å². The molecule has 188 valence electrons. The lowest BCUT2D eigenvalue weighted by Crippen LogP contribution is -2.32. The molecular formula is C30H22N8O. The Bertz CT molecular complexity index is 1850. The van der Waals surface area contributed by atoms with Crippen molar-refractivity contribution >= 4 is 22.5 Å². The fourth-order valence-corrected chi connectivity index (χ4v) is 4.97. The number of fused-ring (bicyclic) bond motifs is 1. The zero-order valence-corrected chi connectivity index (χ0v) is 20.8. The van der Waals surface area contributed by atoms with E-state index in [9.17, 15) is 10.1 Å². The number of aromatic nitrogens is 5. The molecule has 1 fully saturated rings. The first-order valence-corrected chi connectivity index (χ1v) is 12.5. The van der Waals surface area contributed by atoms with Crippen molar-refractivity contribution in [2.24, 2.45) is 0 Å². The maximum atomic E-state index is 14.3. The second-order valence-corrected chi connectivity index (χ2v) is 9.03. The quantitative estimate of drug-likeness (QED) is 0.364. The second-order valence-electron chi connectivity index (χ2n) is 9.03. The summed E-state index contributed by atoms with van der Waals surface area (Å²) < 4.78 is 1.65. The van der Waals surface area contributed by atoms with Gasteiger partial charge in [-0.1, -0.05) is 36.3 Å². The van der Waals surface area contributed by atoms with Crippen LogP contribution in [0.3, 0.4) is 0 Å². The van der Waals surface area contributed by atoms with E-state index in [0.717, 1.165) is 12.8 Å². The van der Waals surface area contributed by atoms with Crippen LogP contribution in [0.25, 0.3) is 16.6 Å². The zero-order chi connectivity index (χ0) is 26.8. The van der Waals surface area contributed by atoms with Gasteiger partial charge < -0.3 is 10.6 Å². The summed E-state index contributed by atoms with van der Waals surface area (Å²) in [6, 6.07) is 22.2. The van der Waals surface area contributed by atoms with Crippen molar-refractivity contribution in [3.8, 4) is 23.6 Å². The number of pyridine rings is 1. The summed E-state index contributed by atoms with van der Waals surface area (Å²) in [4.78, 5) is 34.0. The van der Waals surface area contributed by atoms with Crippen LogP contribution in [0.2, 0.25) is 0 Å². The van der Waals surface area contributed by atoms with Gasteiger partial charge in [0.05, 0.1) is 22.6 Å². The van der Waals surface area contributed by atoms with E-state index in [4.69, 9.17) is 10.7 Å². The van der Waals surface area contributed by atoms with Gasteiger partial charge in [-0.2, -0.15) is 5.26 Å². The van der Waals surface area contributed by atoms with Crippen molar-refractivity contribution in [2.45, 2.75) is 18.9 Å². The predicted octanol–water partition coefficient (Wildman–Crippen LogP) is 3.77. The summed E-state index contributed by atoms with van der Waals surface area (Å²) in [6.45, 7) is 0.633. The molecular weight excluding hydrogens is 488 g/mol. The molecule has 0 spiro atoms. The molecule has 9 nitrogen and oxygen atoms in total. The highest BCUT2D eigenvalue weighted by Gasteiger charge is 2.34. The molecule has 2 N–H and O–H groups in total. The third-order valence-electron chi connectivity index (χ3n) is 6.72. The van der Waals surface area contributed by atoms with E-state index in [1.54, 1.807) is 10.8 Å². The summed E-state index contributed by atoms with van der Waals surface area (Å²) >= 11 is 0. The SMILES string of the molecule is N#Cc1c(N)ncnc1N1CCC[C@H]1c1nc2cccc(C#Cc3ccccn3)c2c(=O)n1-c1ccccc1. The number of para-hydroxylation sites is 1. The average Bonchev–Trinajstić information content (AvgIpc) is 3.46. The summed E-state index contributed by atoms with van der Waals surface area (Å²) in [6.07, 6.45) is 4.58. The van der Waals surface area contributed by atoms with E-state index in [1.807, 2.05) is 71.6 Å². The molecule has 5 aromatic rings. The maximum Gasteiger partial charge on any atom is 0.267 e. The lowest BCUT2D eigenvalue weighted by Gasteiger charge is -2.28. The molecule has 1 aliphatic heterocycles. The number of hydrogen-bond donors (Lipinski definition) is 1. The average molecular weight is 511 g/mol. The standard InChI is InChI=1S/C30H22N8O/c31-18-23-27(32)34-19-35-28(23)37-17-7-13-25(37)29-36-24-12-6-8-20(14-15-21-9-4-5-16-33-21)26(24)30(39)38(29)22-10-2-1-3-11-22/h1-6,8-12,16,19,25H,7,13,17H2,(H2,32,34,35)/t25-/m0/s1. The minimum Gasteiger partial charge on any atom is -0.382 e. The minimum absolute atomic E-state index is 0.121. The van der Waals surface area contributed by atoms with Crippen LogP contribution >= 0.6 is 0 Å². The second kappa shape index (κ2) is 10.1. The van der Waals surface area contributed by atoms with Crippen LogP contribution < -0.4 is 16.2 Å². The Balaban J connectivity index is 1.58. The summed E-state index contributed by atoms with van der Waals surface area (Å²) in [5.74, 6) is 7.30. The first-order chi connectivity index (χ1) is 19.2. The third-order valence-corrected chi connectivity index (χ3v) is 6.72. The van der Waals surface area contributed by atoms with Crippen LogP contribution in [0.4, 0.5) is 11.6 Å². The maximum absolute atomic E-state index is 14.3. The molecule has 0 aliphatic carbocycles. The van der Waals surface area contributed by atoms with Crippen molar-refractivity contribution in [1.29, 1.82) is 5.26 Å². The number of nitrogen functional groups attached to an aromatic ring is 1. The van der Waals surface area contributed by atoms with E-state index in [2.05, 4.69) is 32.9 Å². The van der Waals surface area contributed by atoms with Crippen LogP contribution in [0.5, 0.6) is 0 Å². The fraction of sp³-hybridized carbons (Fsp3) is 0.133. The van der Waals surface area contributed by atoms with Crippen LogP contribution in [0, 0.1) is 23.2 Å². The van der Waals surface area contributed by atoms with Crippen molar-refractivity contribution < 1.29 is 0 Å². The van der Waals surface area contributed by atoms with Crippen LogP contribution in [-0.4, -0.2) is 31.0 Å². The van der Waals surface area contributed by atoms with E-state index in [-0.39, 0.29) is 23.0 Å². The Hall–Kier alpha value is -5.54. The number of rotatable bonds is 3. The van der Waals surface area contributed by atoms with Gasteiger partial charge in [0.2, 0.25) is 0 Å². The van der Waals surface area contributed by atoms with E-state index < -0.39 is 0 Å². The predicted molar refractivity (Wildman–Crippen MR) is 148 cm³/mol. The first kappa shape index (κ1) is 23.8. The van der Waals surface area contributed by atoms with Gasteiger partial charge >= 0.3 is 0 Å². The Morgan fingerprint density at radius 2 is 1.79 bits per heavy atom. The van der Waals surface area contributed by atoms with Gasteiger partial charge in [-0.05, 0) is 55.2 Å². The van der Waals surface area contributed by atoms with E-state index >= 15 is 0 Å². The highest BCUT2D eigenvalue weighted by atomic mass is 16.1. The normalized spacial score (nSPS) is 14.5. The van der Waals surface area contributed by atoms with Crippen LogP contribution in [0.1, 0.15) is 41.5 Å². The van der Waals surface area contributed by atoms with E-state index in [1.165, 1.54) is 6.33 Å². The molecule has 1 aliphatic rings. The van der Waals surface area contributed by atoms with Gasteiger partial charge in [0.1, 0.15) is 35.3 Å². The van der Waals surface area contributed by atoms with Gasteiger partial charge in [-0.25, -0.2) is 19.9 Å². The lowest BCUT2D eigenvalue weighted by molar-refractivity contribution is 0.632. The molecule has 0 saturated carbocycles. The monoisotopic (exact) mass is 510 g/mol. The van der Waals surface area contributed by atoms with Gasteiger partial charge in [0.15, 0.2) is 5.82 Å². The molecule has 2 aromatic carbocycles. The molecule has 6 rings (SSSR count). The Morgan fingerprint density at radius 1 is 0.949 bits per heavy atom. The number of nitrogens with two attached hydrogens (primary N) is 1. The first-order valence-electron chi connectivity index (χ1n) is 12.5. The molecule has 3 aromatic heterocycles. The topological polar surface area (TPSA) is 127 Å². The number of benzene rings is 2. The zero-order valence-electron chi connectivity index (χ0n) is 20.8. The third kappa shape index (κ3) is 4.32. The number of nitriles is 1. The fourth-order valence-electron chi connectivity index (χ4n) is 4.97. The minimum atomic E-state index is -0.313. The molecule has 0 radical (unpaired) electrons. The van der Waals surface area contributed by atoms with Crippen LogP contribution in [-0.2, 0) is 0 Å². The highest BCUT2D eigenvalue weighted by Crippen LogP contribution is 2.37. The summed E-state index contributed by atoms with van der Waals surface area (Å²) in [5.41, 5.74) is 8.42. The Labute approximate surface area is 224 Å². The molecule has 4 heterocycles. The number of hydrogen-bond acceptors (Lipinski definition) is 8. The van der Waals surface area contributed by atoms with Crippen molar-refractivity contribution in [3.05, 3.63) is 112 Å². The summed E-state index contributed by atoms with van der Waals surface area (Å²) in [7, 11) is 0. The van der Waals surface area contributed by atoms with Crippen LogP contribution in [0.15, 0.2) is 84.0 Å². The molecule has 1 atom stereocenters. The largest absolute Gasteiger partial charge is 0.382 e. The Kier molecular flexibility index (Phi) is 6.16. The Morgan fingerprint density at radius 3 is 2.59 bits per heavy atom. The molecule has 0 unspecified atom stereocenters. The molecule has 9 heteroatoms. The molecule has 1 saturated heterocycles.